The second-order valence-corrected chi connectivity index (χ2v) is 7.39. The van der Waals surface area contributed by atoms with Crippen molar-refractivity contribution in [3.8, 4) is 17.6 Å². The van der Waals surface area contributed by atoms with Gasteiger partial charge in [-0.05, 0) is 49.2 Å². The predicted octanol–water partition coefficient (Wildman–Crippen LogP) is 1.95. The number of nitrogens with zero attached hydrogens (tertiary/aromatic N) is 1. The molecule has 1 heterocycles. The Hall–Kier alpha value is -3.79. The van der Waals surface area contributed by atoms with Gasteiger partial charge in [-0.1, -0.05) is 30.0 Å². The summed E-state index contributed by atoms with van der Waals surface area (Å²) in [6.45, 7) is 4.58. The maximum atomic E-state index is 12.4. The van der Waals surface area contributed by atoms with Gasteiger partial charge in [0.05, 0.1) is 18.0 Å². The highest BCUT2D eigenvalue weighted by Crippen LogP contribution is 2.26. The van der Waals surface area contributed by atoms with Gasteiger partial charge in [0.15, 0.2) is 0 Å². The lowest BCUT2D eigenvalue weighted by Crippen LogP contribution is -2.33. The molecule has 31 heavy (non-hydrogen) atoms. The Morgan fingerprint density at radius 3 is 2.68 bits per heavy atom. The summed E-state index contributed by atoms with van der Waals surface area (Å²) in [4.78, 5) is 37.8. The Morgan fingerprint density at radius 1 is 1.16 bits per heavy atom. The standard InChI is InChI=1S/C24H25N3O4/c1-16-9-10-19(13-17(16)2)27-15-18(14-22(27)28)24(30)26-11-5-6-12-31-21-8-4-3-7-20(21)23(25)29/h3-4,7-10,13,18H,11-12,14-15H2,1-2H3,(H2,25,29)(H,26,30). The van der Waals surface area contributed by atoms with Crippen molar-refractivity contribution in [3.63, 3.8) is 0 Å². The van der Waals surface area contributed by atoms with Gasteiger partial charge in [-0.25, -0.2) is 0 Å². The molecule has 2 aromatic carbocycles. The lowest BCUT2D eigenvalue weighted by atomic mass is 10.1. The molecular formula is C24H25N3O4. The van der Waals surface area contributed by atoms with Crippen molar-refractivity contribution in [1.29, 1.82) is 0 Å². The summed E-state index contributed by atoms with van der Waals surface area (Å²) in [6, 6.07) is 12.5. The van der Waals surface area contributed by atoms with E-state index in [2.05, 4.69) is 17.2 Å². The number of benzene rings is 2. The van der Waals surface area contributed by atoms with Gasteiger partial charge >= 0.3 is 0 Å². The van der Waals surface area contributed by atoms with E-state index in [1.165, 1.54) is 0 Å². The van der Waals surface area contributed by atoms with E-state index in [4.69, 9.17) is 10.5 Å². The Labute approximate surface area is 181 Å². The molecule has 1 aliphatic rings. The highest BCUT2D eigenvalue weighted by atomic mass is 16.5. The van der Waals surface area contributed by atoms with Crippen LogP contribution in [0.1, 0.15) is 27.9 Å². The van der Waals surface area contributed by atoms with Crippen LogP contribution in [0.15, 0.2) is 42.5 Å². The molecule has 1 aliphatic heterocycles. The third kappa shape index (κ3) is 5.43. The summed E-state index contributed by atoms with van der Waals surface area (Å²) in [7, 11) is 0. The summed E-state index contributed by atoms with van der Waals surface area (Å²) in [6.07, 6.45) is 0.180. The normalized spacial score (nSPS) is 15.2. The number of ether oxygens (including phenoxy) is 1. The molecule has 2 aromatic rings. The van der Waals surface area contributed by atoms with E-state index in [0.29, 0.717) is 12.3 Å². The number of nitrogens with two attached hydrogens (primary N) is 1. The maximum Gasteiger partial charge on any atom is 0.252 e. The zero-order valence-corrected chi connectivity index (χ0v) is 17.6. The molecule has 0 aromatic heterocycles. The van der Waals surface area contributed by atoms with Gasteiger partial charge in [0.1, 0.15) is 12.4 Å². The largest absolute Gasteiger partial charge is 0.480 e. The first-order valence-electron chi connectivity index (χ1n) is 9.99. The minimum absolute atomic E-state index is 0.0582. The molecule has 1 saturated heterocycles. The fourth-order valence-corrected chi connectivity index (χ4v) is 3.33. The molecule has 3 rings (SSSR count). The summed E-state index contributed by atoms with van der Waals surface area (Å²) >= 11 is 0. The molecule has 0 aliphatic carbocycles. The highest BCUT2D eigenvalue weighted by Gasteiger charge is 2.34. The van der Waals surface area contributed by atoms with Crippen LogP contribution in [-0.2, 0) is 9.59 Å². The van der Waals surface area contributed by atoms with Crippen LogP contribution < -0.4 is 20.7 Å². The smallest absolute Gasteiger partial charge is 0.252 e. The third-order valence-electron chi connectivity index (χ3n) is 5.23. The second kappa shape index (κ2) is 9.81. The number of para-hydroxylation sites is 1. The average Bonchev–Trinajstić information content (AvgIpc) is 3.14. The molecule has 1 fully saturated rings. The van der Waals surface area contributed by atoms with Crippen molar-refractivity contribution in [2.45, 2.75) is 20.3 Å². The first-order valence-corrected chi connectivity index (χ1v) is 9.99. The van der Waals surface area contributed by atoms with Crippen molar-refractivity contribution >= 4 is 23.4 Å². The van der Waals surface area contributed by atoms with Crippen LogP contribution in [0.25, 0.3) is 0 Å². The molecule has 0 spiro atoms. The SMILES string of the molecule is Cc1ccc(N2CC(C(=O)NCC#CCOc3ccccc3C(N)=O)CC2=O)cc1C. The number of amides is 3. The molecule has 0 saturated carbocycles. The molecule has 3 N–H and O–H groups in total. The lowest BCUT2D eigenvalue weighted by Gasteiger charge is -2.17. The number of hydrogen-bond acceptors (Lipinski definition) is 4. The number of carbonyl (C=O) groups excluding carboxylic acids is 3. The van der Waals surface area contributed by atoms with Crippen LogP contribution in [0, 0.1) is 31.6 Å². The van der Waals surface area contributed by atoms with Crippen LogP contribution >= 0.6 is 0 Å². The zero-order valence-electron chi connectivity index (χ0n) is 17.6. The second-order valence-electron chi connectivity index (χ2n) is 7.39. The van der Waals surface area contributed by atoms with Crippen molar-refractivity contribution in [2.75, 3.05) is 24.6 Å². The fraction of sp³-hybridized carbons (Fsp3) is 0.292. The van der Waals surface area contributed by atoms with Crippen LogP contribution in [0.5, 0.6) is 5.75 Å². The number of aryl methyl sites for hydroxylation is 2. The van der Waals surface area contributed by atoms with Crippen LogP contribution in [0.4, 0.5) is 5.69 Å². The van der Waals surface area contributed by atoms with Crippen molar-refractivity contribution in [3.05, 3.63) is 59.2 Å². The van der Waals surface area contributed by atoms with Gasteiger partial charge in [-0.2, -0.15) is 0 Å². The fourth-order valence-electron chi connectivity index (χ4n) is 3.33. The minimum Gasteiger partial charge on any atom is -0.480 e. The molecule has 1 unspecified atom stereocenters. The molecule has 3 amide bonds. The van der Waals surface area contributed by atoms with E-state index in [-0.39, 0.29) is 37.0 Å². The molecule has 0 radical (unpaired) electrons. The van der Waals surface area contributed by atoms with Gasteiger partial charge < -0.3 is 20.7 Å². The van der Waals surface area contributed by atoms with E-state index in [9.17, 15) is 14.4 Å². The highest BCUT2D eigenvalue weighted by molar-refractivity contribution is 6.00. The average molecular weight is 419 g/mol. The molecule has 160 valence electrons. The molecule has 7 nitrogen and oxygen atoms in total. The monoisotopic (exact) mass is 419 g/mol. The number of anilines is 1. The van der Waals surface area contributed by atoms with E-state index in [1.807, 2.05) is 32.0 Å². The summed E-state index contributed by atoms with van der Waals surface area (Å²) in [5.41, 5.74) is 8.67. The quantitative estimate of drug-likeness (QED) is 0.699. The Morgan fingerprint density at radius 2 is 1.94 bits per heavy atom. The number of rotatable bonds is 6. The molecule has 1 atom stereocenters. The lowest BCUT2D eigenvalue weighted by molar-refractivity contribution is -0.126. The van der Waals surface area contributed by atoms with Crippen LogP contribution in [0.3, 0.4) is 0 Å². The molecule has 0 bridgehead atoms. The topological polar surface area (TPSA) is 102 Å². The van der Waals surface area contributed by atoms with Crippen molar-refractivity contribution in [2.24, 2.45) is 11.7 Å². The number of nitrogens with one attached hydrogen (secondary N) is 1. The Balaban J connectivity index is 1.47. The molecule has 7 heteroatoms. The van der Waals surface area contributed by atoms with Gasteiger partial charge in [-0.15, -0.1) is 0 Å². The van der Waals surface area contributed by atoms with Gasteiger partial charge in [0, 0.05) is 18.7 Å². The van der Waals surface area contributed by atoms with Gasteiger partial charge in [-0.3, -0.25) is 14.4 Å². The number of primary amides is 1. The Kier molecular flexibility index (Phi) is 6.93. The first kappa shape index (κ1) is 21.9. The summed E-state index contributed by atoms with van der Waals surface area (Å²) < 4.78 is 5.46. The van der Waals surface area contributed by atoms with Gasteiger partial charge in [0.25, 0.3) is 5.91 Å². The van der Waals surface area contributed by atoms with E-state index in [1.54, 1.807) is 29.2 Å². The zero-order chi connectivity index (χ0) is 22.4. The van der Waals surface area contributed by atoms with Crippen molar-refractivity contribution < 1.29 is 19.1 Å². The summed E-state index contributed by atoms with van der Waals surface area (Å²) in [5, 5.41) is 2.74. The van der Waals surface area contributed by atoms with E-state index < -0.39 is 11.8 Å². The summed E-state index contributed by atoms with van der Waals surface area (Å²) in [5.74, 6) is 4.71. The number of hydrogen-bond donors (Lipinski definition) is 2. The minimum atomic E-state index is -0.572. The first-order chi connectivity index (χ1) is 14.9. The third-order valence-corrected chi connectivity index (χ3v) is 5.23. The maximum absolute atomic E-state index is 12.4. The van der Waals surface area contributed by atoms with E-state index in [0.717, 1.165) is 16.8 Å². The Bertz CT molecular complexity index is 1070. The molecular weight excluding hydrogens is 394 g/mol. The van der Waals surface area contributed by atoms with Gasteiger partial charge in [0.2, 0.25) is 11.8 Å². The number of carbonyl (C=O) groups is 3. The van der Waals surface area contributed by atoms with E-state index >= 15 is 0 Å². The van der Waals surface area contributed by atoms with Crippen LogP contribution in [0.2, 0.25) is 0 Å². The van der Waals surface area contributed by atoms with Crippen molar-refractivity contribution in [1.82, 2.24) is 5.32 Å². The predicted molar refractivity (Wildman–Crippen MR) is 118 cm³/mol. The van der Waals surface area contributed by atoms with Crippen LogP contribution in [-0.4, -0.2) is 37.4 Å².